The Bertz CT molecular complexity index is 753. The van der Waals surface area contributed by atoms with Gasteiger partial charge >= 0.3 is 0 Å². The Morgan fingerprint density at radius 1 is 1.19 bits per heavy atom. The number of hydrogen-bond acceptors (Lipinski definition) is 4. The number of benzene rings is 1. The summed E-state index contributed by atoms with van der Waals surface area (Å²) < 4.78 is 5.95. The van der Waals surface area contributed by atoms with E-state index in [-0.39, 0.29) is 5.91 Å². The van der Waals surface area contributed by atoms with Gasteiger partial charge in [-0.15, -0.1) is 11.3 Å². The number of carbonyl (C=O) groups excluding carboxylic acids is 1. The van der Waals surface area contributed by atoms with Gasteiger partial charge in [-0.25, -0.2) is 4.98 Å². The van der Waals surface area contributed by atoms with Crippen LogP contribution < -0.4 is 4.74 Å². The molecule has 27 heavy (non-hydrogen) atoms. The first-order valence-corrected chi connectivity index (χ1v) is 10.5. The highest BCUT2D eigenvalue weighted by molar-refractivity contribution is 7.09. The zero-order chi connectivity index (χ0) is 20.0. The van der Waals surface area contributed by atoms with Gasteiger partial charge < -0.3 is 9.64 Å². The van der Waals surface area contributed by atoms with E-state index in [0.717, 1.165) is 28.6 Å². The van der Waals surface area contributed by atoms with E-state index in [4.69, 9.17) is 4.74 Å². The second kappa shape index (κ2) is 9.88. The number of ether oxygens (including phenoxy) is 1. The van der Waals surface area contributed by atoms with E-state index in [2.05, 4.69) is 52.6 Å². The first-order valence-electron chi connectivity index (χ1n) is 9.66. The molecule has 0 bridgehead atoms. The summed E-state index contributed by atoms with van der Waals surface area (Å²) in [7, 11) is 0. The Balaban J connectivity index is 2.00. The van der Waals surface area contributed by atoms with E-state index in [0.29, 0.717) is 31.4 Å². The lowest BCUT2D eigenvalue weighted by Crippen LogP contribution is -2.34. The minimum atomic E-state index is 0.208. The number of aryl methyl sites for hydroxylation is 1. The third-order valence-electron chi connectivity index (χ3n) is 4.38. The molecule has 0 saturated carbocycles. The summed E-state index contributed by atoms with van der Waals surface area (Å²) in [5, 5.41) is 2.98. The van der Waals surface area contributed by atoms with Crippen molar-refractivity contribution in [3.8, 4) is 5.75 Å². The van der Waals surface area contributed by atoms with Gasteiger partial charge in [0.15, 0.2) is 0 Å². The standard InChI is InChI=1S/C22H32N2O2S/c1-15(2)10-22(25)24(11-16(3)4)12-19-14-27-21(23-19)13-26-20-9-7-8-17(5)18(20)6/h7-9,14-16H,10-13H2,1-6H3. The van der Waals surface area contributed by atoms with Gasteiger partial charge in [0, 0.05) is 18.3 Å². The fourth-order valence-electron chi connectivity index (χ4n) is 2.88. The van der Waals surface area contributed by atoms with E-state index in [1.165, 1.54) is 5.56 Å². The molecule has 0 N–H and O–H groups in total. The van der Waals surface area contributed by atoms with Crippen molar-refractivity contribution in [2.75, 3.05) is 6.54 Å². The molecule has 0 fully saturated rings. The molecule has 2 rings (SSSR count). The Hall–Kier alpha value is -1.88. The van der Waals surface area contributed by atoms with Crippen molar-refractivity contribution >= 4 is 17.2 Å². The van der Waals surface area contributed by atoms with E-state index < -0.39 is 0 Å². The molecule has 0 unspecified atom stereocenters. The molecule has 0 atom stereocenters. The van der Waals surface area contributed by atoms with Gasteiger partial charge in [0.05, 0.1) is 12.2 Å². The maximum Gasteiger partial charge on any atom is 0.223 e. The highest BCUT2D eigenvalue weighted by Crippen LogP contribution is 2.23. The smallest absolute Gasteiger partial charge is 0.223 e. The Morgan fingerprint density at radius 3 is 2.59 bits per heavy atom. The average Bonchev–Trinajstić information content (AvgIpc) is 3.02. The van der Waals surface area contributed by atoms with E-state index >= 15 is 0 Å². The van der Waals surface area contributed by atoms with E-state index in [9.17, 15) is 4.79 Å². The summed E-state index contributed by atoms with van der Waals surface area (Å²) in [6, 6.07) is 6.09. The van der Waals surface area contributed by atoms with Crippen molar-refractivity contribution < 1.29 is 9.53 Å². The molecule has 2 aromatic rings. The first kappa shape index (κ1) is 21.4. The minimum absolute atomic E-state index is 0.208. The van der Waals surface area contributed by atoms with Crippen LogP contribution in [-0.2, 0) is 17.9 Å². The molecule has 0 spiro atoms. The molecule has 0 saturated heterocycles. The molecule has 0 aliphatic carbocycles. The number of aromatic nitrogens is 1. The third kappa shape index (κ3) is 6.65. The number of rotatable bonds is 9. The number of hydrogen-bond donors (Lipinski definition) is 0. The number of amides is 1. The van der Waals surface area contributed by atoms with Gasteiger partial charge in [0.2, 0.25) is 5.91 Å². The number of carbonyl (C=O) groups is 1. The summed E-state index contributed by atoms with van der Waals surface area (Å²) >= 11 is 1.59. The van der Waals surface area contributed by atoms with Crippen LogP contribution in [0.25, 0.3) is 0 Å². The van der Waals surface area contributed by atoms with Crippen LogP contribution in [0.4, 0.5) is 0 Å². The topological polar surface area (TPSA) is 42.4 Å². The van der Waals surface area contributed by atoms with Gasteiger partial charge in [-0.2, -0.15) is 0 Å². The summed E-state index contributed by atoms with van der Waals surface area (Å²) in [4.78, 5) is 19.2. The minimum Gasteiger partial charge on any atom is -0.486 e. The van der Waals surface area contributed by atoms with E-state index in [1.807, 2.05) is 22.4 Å². The van der Waals surface area contributed by atoms with Crippen LogP contribution in [0.5, 0.6) is 5.75 Å². The largest absolute Gasteiger partial charge is 0.486 e. The fourth-order valence-corrected chi connectivity index (χ4v) is 3.57. The van der Waals surface area contributed by atoms with Crippen LogP contribution in [0, 0.1) is 25.7 Å². The maximum atomic E-state index is 12.6. The lowest BCUT2D eigenvalue weighted by molar-refractivity contribution is -0.133. The average molecular weight is 389 g/mol. The normalized spacial score (nSPS) is 11.3. The van der Waals surface area contributed by atoms with Crippen LogP contribution in [0.2, 0.25) is 0 Å². The van der Waals surface area contributed by atoms with Gasteiger partial charge in [0.1, 0.15) is 17.4 Å². The number of thiazole rings is 1. The van der Waals surface area contributed by atoms with Gasteiger partial charge in [0.25, 0.3) is 0 Å². The van der Waals surface area contributed by atoms with Crippen molar-refractivity contribution in [3.05, 3.63) is 45.4 Å². The van der Waals surface area contributed by atoms with Crippen LogP contribution in [-0.4, -0.2) is 22.3 Å². The second-order valence-corrected chi connectivity index (χ2v) is 8.93. The molecule has 0 aliphatic heterocycles. The quantitative estimate of drug-likeness (QED) is 0.580. The molecular weight excluding hydrogens is 356 g/mol. The Morgan fingerprint density at radius 2 is 1.93 bits per heavy atom. The molecular formula is C22H32N2O2S. The van der Waals surface area contributed by atoms with Crippen molar-refractivity contribution in [2.24, 2.45) is 11.8 Å². The van der Waals surface area contributed by atoms with Crippen molar-refractivity contribution in [3.63, 3.8) is 0 Å². The van der Waals surface area contributed by atoms with Crippen LogP contribution >= 0.6 is 11.3 Å². The van der Waals surface area contributed by atoms with Crippen molar-refractivity contribution in [2.45, 2.75) is 61.1 Å². The lowest BCUT2D eigenvalue weighted by atomic mass is 10.1. The van der Waals surface area contributed by atoms with Crippen LogP contribution in [0.15, 0.2) is 23.6 Å². The Kier molecular flexibility index (Phi) is 7.84. The highest BCUT2D eigenvalue weighted by atomic mass is 32.1. The number of nitrogens with zero attached hydrogens (tertiary/aromatic N) is 2. The van der Waals surface area contributed by atoms with Crippen molar-refractivity contribution in [1.29, 1.82) is 0 Å². The van der Waals surface area contributed by atoms with Gasteiger partial charge in [-0.1, -0.05) is 39.8 Å². The Labute approximate surface area is 167 Å². The maximum absolute atomic E-state index is 12.6. The summed E-state index contributed by atoms with van der Waals surface area (Å²) in [6.45, 7) is 14.4. The first-order chi connectivity index (χ1) is 12.8. The van der Waals surface area contributed by atoms with Gasteiger partial charge in [-0.3, -0.25) is 4.79 Å². The molecule has 4 nitrogen and oxygen atoms in total. The summed E-state index contributed by atoms with van der Waals surface area (Å²) in [5.41, 5.74) is 3.33. The molecule has 5 heteroatoms. The molecule has 1 aromatic carbocycles. The molecule has 1 amide bonds. The SMILES string of the molecule is Cc1cccc(OCc2nc(CN(CC(C)C)C(=O)CC(C)C)cs2)c1C. The van der Waals surface area contributed by atoms with Crippen LogP contribution in [0.1, 0.15) is 55.9 Å². The second-order valence-electron chi connectivity index (χ2n) is 7.99. The highest BCUT2D eigenvalue weighted by Gasteiger charge is 2.18. The predicted molar refractivity (Wildman–Crippen MR) is 112 cm³/mol. The summed E-state index contributed by atoms with van der Waals surface area (Å²) in [6.07, 6.45) is 0.583. The zero-order valence-corrected chi connectivity index (χ0v) is 18.2. The third-order valence-corrected chi connectivity index (χ3v) is 5.25. The van der Waals surface area contributed by atoms with Crippen LogP contribution in [0.3, 0.4) is 0 Å². The predicted octanol–water partition coefficient (Wildman–Crippen LogP) is 5.37. The van der Waals surface area contributed by atoms with Gasteiger partial charge in [-0.05, 0) is 42.9 Å². The fraction of sp³-hybridized carbons (Fsp3) is 0.545. The molecule has 148 valence electrons. The monoisotopic (exact) mass is 388 g/mol. The van der Waals surface area contributed by atoms with Crippen molar-refractivity contribution in [1.82, 2.24) is 9.88 Å². The lowest BCUT2D eigenvalue weighted by Gasteiger charge is -2.24. The molecule has 1 heterocycles. The molecule has 0 radical (unpaired) electrons. The molecule has 1 aromatic heterocycles. The molecule has 0 aliphatic rings. The zero-order valence-electron chi connectivity index (χ0n) is 17.4. The van der Waals surface area contributed by atoms with E-state index in [1.54, 1.807) is 11.3 Å². The summed E-state index contributed by atoms with van der Waals surface area (Å²) in [5.74, 6) is 1.91.